The molecule has 4 heterocycles. The van der Waals surface area contributed by atoms with Gasteiger partial charge in [-0.2, -0.15) is 13.2 Å². The maximum absolute atomic E-state index is 13.3. The van der Waals surface area contributed by atoms with E-state index in [1.54, 1.807) is 24.3 Å². The van der Waals surface area contributed by atoms with E-state index in [4.69, 9.17) is 9.90 Å². The maximum atomic E-state index is 13.3. The fourth-order valence-corrected chi connectivity index (χ4v) is 8.88. The van der Waals surface area contributed by atoms with Crippen LogP contribution in [-0.2, 0) is 14.4 Å². The fourth-order valence-electron chi connectivity index (χ4n) is 8.88. The van der Waals surface area contributed by atoms with Crippen LogP contribution in [0.15, 0.2) is 97.1 Å². The molecule has 3 fully saturated rings. The standard InChI is InChI=1S/C46H49N5O5.C2HF3O2/c1-2-38(32-6-4-3-5-7-32)43(34-10-15-37(52)16-11-34)33-8-12-35(13-9-33)49-24-21-31(22-25-49)20-23-48-26-28-50(29-27-48)36-14-17-39-40(30-36)46(56)51(45(39)55)41-18-19-42(53)47-44(41)54;3-2(4,5)1(6)7/h3-17,30-31,41,52H,2,18-29H2,1H3,(H,47,53,54);(H,6,7). The molecule has 3 saturated heterocycles. The van der Waals surface area contributed by atoms with Crippen molar-refractivity contribution in [3.05, 3.63) is 125 Å². The first-order valence-corrected chi connectivity index (χ1v) is 21.3. The van der Waals surface area contributed by atoms with Crippen LogP contribution in [0.3, 0.4) is 0 Å². The van der Waals surface area contributed by atoms with Crippen LogP contribution in [0.25, 0.3) is 11.1 Å². The van der Waals surface area contributed by atoms with Gasteiger partial charge in [0, 0.05) is 57.1 Å². The number of piperazine rings is 1. The Morgan fingerprint density at radius 3 is 1.87 bits per heavy atom. The number of benzene rings is 4. The number of carboxylic acid groups (broad SMARTS) is 1. The molecule has 4 amide bonds. The number of aliphatic carboxylic acids is 1. The van der Waals surface area contributed by atoms with E-state index in [0.29, 0.717) is 17.0 Å². The van der Waals surface area contributed by atoms with Crippen LogP contribution in [0.2, 0.25) is 0 Å². The summed E-state index contributed by atoms with van der Waals surface area (Å²) in [6.45, 7) is 8.89. The van der Waals surface area contributed by atoms with E-state index < -0.39 is 35.9 Å². The van der Waals surface area contributed by atoms with Gasteiger partial charge < -0.3 is 20.0 Å². The lowest BCUT2D eigenvalue weighted by Gasteiger charge is -2.38. The molecule has 0 bridgehead atoms. The predicted octanol–water partition coefficient (Wildman–Crippen LogP) is 7.22. The Labute approximate surface area is 363 Å². The molecule has 0 saturated carbocycles. The number of phenols is 1. The summed E-state index contributed by atoms with van der Waals surface area (Å²) >= 11 is 0. The van der Waals surface area contributed by atoms with E-state index >= 15 is 0 Å². The van der Waals surface area contributed by atoms with Crippen LogP contribution in [-0.4, -0.2) is 108 Å². The van der Waals surface area contributed by atoms with Gasteiger partial charge in [-0.25, -0.2) is 4.79 Å². The van der Waals surface area contributed by atoms with Gasteiger partial charge in [-0.1, -0.05) is 61.5 Å². The number of allylic oxidation sites excluding steroid dienone is 1. The summed E-state index contributed by atoms with van der Waals surface area (Å²) in [6, 6.07) is 31.5. The molecule has 4 aromatic rings. The first-order valence-electron chi connectivity index (χ1n) is 21.3. The number of halogens is 3. The number of anilines is 2. The lowest BCUT2D eigenvalue weighted by molar-refractivity contribution is -0.192. The van der Waals surface area contributed by atoms with Crippen molar-refractivity contribution >= 4 is 52.1 Å². The zero-order valence-corrected chi connectivity index (χ0v) is 34.9. The topological polar surface area (TPSA) is 151 Å². The van der Waals surface area contributed by atoms with Gasteiger partial charge in [0.1, 0.15) is 11.8 Å². The average molecular weight is 866 g/mol. The zero-order valence-electron chi connectivity index (χ0n) is 34.9. The normalized spacial score (nSPS) is 19.0. The highest BCUT2D eigenvalue weighted by atomic mass is 19.4. The van der Waals surface area contributed by atoms with Crippen molar-refractivity contribution < 1.29 is 47.4 Å². The predicted molar refractivity (Wildman–Crippen MR) is 232 cm³/mol. The molecule has 3 N–H and O–H groups in total. The molecule has 0 aliphatic carbocycles. The Morgan fingerprint density at radius 1 is 0.714 bits per heavy atom. The Bertz CT molecular complexity index is 2350. The number of hydrogen-bond acceptors (Lipinski definition) is 9. The summed E-state index contributed by atoms with van der Waals surface area (Å²) in [7, 11) is 0. The zero-order chi connectivity index (χ0) is 44.8. The molecule has 4 aliphatic rings. The number of amides is 4. The largest absolute Gasteiger partial charge is 0.508 e. The van der Waals surface area contributed by atoms with Gasteiger partial charge in [0.2, 0.25) is 11.8 Å². The Morgan fingerprint density at radius 2 is 1.29 bits per heavy atom. The van der Waals surface area contributed by atoms with E-state index in [1.165, 1.54) is 47.2 Å². The minimum atomic E-state index is -5.08. The van der Waals surface area contributed by atoms with E-state index in [1.807, 2.05) is 24.3 Å². The third-order valence-electron chi connectivity index (χ3n) is 12.3. The SMILES string of the molecule is CCC(=C(c1ccc(O)cc1)c1ccc(N2CCC(CCN3CCN(c4ccc5c(c4)C(=O)N(C4CCC(=O)NC4=O)C5=O)CC3)CC2)cc1)c1ccccc1.O=C(O)C(F)(F)F. The molecule has 15 heteroatoms. The highest BCUT2D eigenvalue weighted by Crippen LogP contribution is 2.37. The molecule has 0 aromatic heterocycles. The number of alkyl halides is 3. The minimum absolute atomic E-state index is 0.104. The molecule has 0 spiro atoms. The first-order chi connectivity index (χ1) is 30.2. The van der Waals surface area contributed by atoms with Crippen LogP contribution < -0.4 is 15.1 Å². The molecule has 12 nitrogen and oxygen atoms in total. The molecule has 8 rings (SSSR count). The molecule has 0 radical (unpaired) electrons. The number of fused-ring (bicyclic) bond motifs is 1. The van der Waals surface area contributed by atoms with E-state index in [9.17, 15) is 37.5 Å². The number of imide groups is 2. The Hall–Kier alpha value is -6.48. The second-order valence-electron chi connectivity index (χ2n) is 16.2. The minimum Gasteiger partial charge on any atom is -0.508 e. The third kappa shape index (κ3) is 10.3. The van der Waals surface area contributed by atoms with Gasteiger partial charge in [-0.15, -0.1) is 0 Å². The fraction of sp³-hybridized carbons (Fsp3) is 0.354. The number of carboxylic acids is 1. The highest BCUT2D eigenvalue weighted by molar-refractivity contribution is 6.23. The van der Waals surface area contributed by atoms with Gasteiger partial charge >= 0.3 is 12.1 Å². The molecule has 63 heavy (non-hydrogen) atoms. The molecule has 1 unspecified atom stereocenters. The van der Waals surface area contributed by atoms with E-state index in [0.717, 1.165) is 68.4 Å². The quantitative estimate of drug-likeness (QED) is 0.110. The number of carbonyl (C=O) groups is 5. The molecule has 330 valence electrons. The number of phenolic OH excluding ortho intramolecular Hbond substituents is 1. The summed E-state index contributed by atoms with van der Waals surface area (Å²) in [4.78, 5) is 67.8. The van der Waals surface area contributed by atoms with Gasteiger partial charge in [0.05, 0.1) is 11.1 Å². The Kier molecular flexibility index (Phi) is 13.6. The van der Waals surface area contributed by atoms with Crippen LogP contribution >= 0.6 is 0 Å². The van der Waals surface area contributed by atoms with Gasteiger partial charge in [0.15, 0.2) is 0 Å². The number of hydrogen-bond donors (Lipinski definition) is 3. The van der Waals surface area contributed by atoms with Crippen molar-refractivity contribution in [1.29, 1.82) is 0 Å². The van der Waals surface area contributed by atoms with Gasteiger partial charge in [-0.3, -0.25) is 34.3 Å². The van der Waals surface area contributed by atoms with Crippen LogP contribution in [0.1, 0.15) is 82.9 Å². The molecule has 1 atom stereocenters. The van der Waals surface area contributed by atoms with Crippen molar-refractivity contribution in [2.75, 3.05) is 55.6 Å². The highest BCUT2D eigenvalue weighted by Gasteiger charge is 2.45. The van der Waals surface area contributed by atoms with Crippen molar-refractivity contribution in [2.24, 2.45) is 5.92 Å². The second-order valence-corrected chi connectivity index (χ2v) is 16.2. The third-order valence-corrected chi connectivity index (χ3v) is 12.3. The molecular formula is C48H50F3N5O7. The number of carbonyl (C=O) groups excluding carboxylic acids is 4. The van der Waals surface area contributed by atoms with Crippen LogP contribution in [0.4, 0.5) is 24.5 Å². The van der Waals surface area contributed by atoms with E-state index in [2.05, 4.69) is 75.5 Å². The molecule has 4 aromatic carbocycles. The number of aromatic hydroxyl groups is 1. The van der Waals surface area contributed by atoms with Crippen molar-refractivity contribution in [3.8, 4) is 5.75 Å². The summed E-state index contributed by atoms with van der Waals surface area (Å²) in [5.41, 5.74) is 8.76. The maximum Gasteiger partial charge on any atom is 0.490 e. The first kappa shape index (κ1) is 44.6. The van der Waals surface area contributed by atoms with Crippen LogP contribution in [0.5, 0.6) is 5.75 Å². The summed E-state index contributed by atoms with van der Waals surface area (Å²) in [6.07, 6.45) is -0.418. The number of nitrogens with one attached hydrogen (secondary N) is 1. The second kappa shape index (κ2) is 19.3. The number of rotatable bonds is 10. The smallest absolute Gasteiger partial charge is 0.490 e. The summed E-state index contributed by atoms with van der Waals surface area (Å²) in [5, 5.41) is 19.4. The van der Waals surface area contributed by atoms with Crippen molar-refractivity contribution in [2.45, 2.75) is 57.7 Å². The van der Waals surface area contributed by atoms with Gasteiger partial charge in [-0.05, 0) is 115 Å². The monoisotopic (exact) mass is 865 g/mol. The molecular weight excluding hydrogens is 816 g/mol. The number of piperidine rings is 2. The van der Waals surface area contributed by atoms with Crippen molar-refractivity contribution in [1.82, 2.24) is 15.1 Å². The summed E-state index contributed by atoms with van der Waals surface area (Å²) < 4.78 is 31.7. The lowest BCUT2D eigenvalue weighted by atomic mass is 9.88. The van der Waals surface area contributed by atoms with Gasteiger partial charge in [0.25, 0.3) is 11.8 Å². The van der Waals surface area contributed by atoms with Crippen molar-refractivity contribution in [3.63, 3.8) is 0 Å². The molecule has 4 aliphatic heterocycles. The Balaban J connectivity index is 0.000000785. The lowest BCUT2D eigenvalue weighted by Crippen LogP contribution is -2.54. The average Bonchev–Trinajstić information content (AvgIpc) is 3.53. The number of nitrogens with zero attached hydrogens (tertiary/aromatic N) is 4. The van der Waals surface area contributed by atoms with Crippen LogP contribution in [0, 0.1) is 5.92 Å². The summed E-state index contributed by atoms with van der Waals surface area (Å²) in [5.74, 6) is -3.72. The van der Waals surface area contributed by atoms with E-state index in [-0.39, 0.29) is 24.5 Å².